The molecule has 0 saturated carbocycles. The van der Waals surface area contributed by atoms with Gasteiger partial charge < -0.3 is 14.7 Å². The molecule has 2 amide bonds. The van der Waals surface area contributed by atoms with Gasteiger partial charge in [-0.3, -0.25) is 9.59 Å². The monoisotopic (exact) mass is 339 g/mol. The van der Waals surface area contributed by atoms with Crippen LogP contribution in [0.3, 0.4) is 0 Å². The number of para-hydroxylation sites is 1. The maximum absolute atomic E-state index is 12.3. The molecule has 5 rings (SSSR count). The minimum Gasteiger partial charge on any atom is -0.371 e. The van der Waals surface area contributed by atoms with Crippen LogP contribution in [0.15, 0.2) is 18.2 Å². The van der Waals surface area contributed by atoms with E-state index >= 15 is 0 Å². The van der Waals surface area contributed by atoms with Crippen LogP contribution in [0.5, 0.6) is 0 Å². The molecule has 5 heteroatoms. The molecule has 0 aromatic heterocycles. The Morgan fingerprint density at radius 3 is 1.72 bits per heavy atom. The fraction of sp³-hybridized carbons (Fsp3) is 0.600. The summed E-state index contributed by atoms with van der Waals surface area (Å²) in [6.07, 6.45) is 5.41. The standard InChI is InChI=1S/C20H25N3O2/c24-18-6-2-10-22(18)16-8-12-21-13-9-17(23-11-3-7-19(23)25)15-5-1-4-14(16)20(15)21/h1,4-5,16-17H,2-3,6-13H2/t16-,17+. The molecule has 1 aromatic rings. The normalized spacial score (nSPS) is 28.7. The van der Waals surface area contributed by atoms with Gasteiger partial charge in [0.25, 0.3) is 0 Å². The average molecular weight is 339 g/mol. The van der Waals surface area contributed by atoms with Crippen LogP contribution >= 0.6 is 0 Å². The highest BCUT2D eigenvalue weighted by molar-refractivity contribution is 5.81. The Labute approximate surface area is 148 Å². The van der Waals surface area contributed by atoms with Crippen LogP contribution in [-0.2, 0) is 9.59 Å². The predicted octanol–water partition coefficient (Wildman–Crippen LogP) is 2.63. The van der Waals surface area contributed by atoms with Gasteiger partial charge >= 0.3 is 0 Å². The summed E-state index contributed by atoms with van der Waals surface area (Å²) in [6.45, 7) is 3.81. The van der Waals surface area contributed by atoms with Gasteiger partial charge in [0, 0.05) is 44.7 Å². The third kappa shape index (κ3) is 2.28. The molecule has 0 bridgehead atoms. The van der Waals surface area contributed by atoms with E-state index in [9.17, 15) is 9.59 Å². The Kier molecular flexibility index (Phi) is 3.50. The highest BCUT2D eigenvalue weighted by Gasteiger charge is 2.40. The molecule has 4 aliphatic heterocycles. The molecule has 25 heavy (non-hydrogen) atoms. The lowest BCUT2D eigenvalue weighted by Crippen LogP contribution is -2.44. The summed E-state index contributed by atoms with van der Waals surface area (Å²) >= 11 is 0. The molecule has 5 nitrogen and oxygen atoms in total. The van der Waals surface area contributed by atoms with E-state index in [0.717, 1.165) is 51.9 Å². The number of benzene rings is 1. The maximum Gasteiger partial charge on any atom is 0.223 e. The van der Waals surface area contributed by atoms with Crippen molar-refractivity contribution in [1.29, 1.82) is 0 Å². The fourth-order valence-electron chi connectivity index (χ4n) is 5.33. The number of nitrogens with zero attached hydrogens (tertiary/aromatic N) is 3. The number of rotatable bonds is 2. The largest absolute Gasteiger partial charge is 0.371 e. The summed E-state index contributed by atoms with van der Waals surface area (Å²) in [5, 5.41) is 0. The lowest BCUT2D eigenvalue weighted by Gasteiger charge is -2.46. The number of anilines is 1. The first-order chi connectivity index (χ1) is 12.2. The molecule has 4 aliphatic rings. The van der Waals surface area contributed by atoms with Gasteiger partial charge in [-0.25, -0.2) is 0 Å². The van der Waals surface area contributed by atoms with Crippen molar-refractivity contribution in [3.63, 3.8) is 0 Å². The molecule has 4 heterocycles. The number of hydrogen-bond donors (Lipinski definition) is 0. The van der Waals surface area contributed by atoms with Crippen molar-refractivity contribution in [2.45, 2.75) is 50.6 Å². The first-order valence-electron chi connectivity index (χ1n) is 9.71. The quantitative estimate of drug-likeness (QED) is 0.832. The van der Waals surface area contributed by atoms with Crippen LogP contribution < -0.4 is 4.90 Å². The van der Waals surface area contributed by atoms with Crippen LogP contribution in [0.25, 0.3) is 0 Å². The number of hydrogen-bond acceptors (Lipinski definition) is 3. The van der Waals surface area contributed by atoms with Crippen LogP contribution in [-0.4, -0.2) is 47.8 Å². The number of likely N-dealkylation sites (tertiary alicyclic amines) is 2. The van der Waals surface area contributed by atoms with E-state index in [1.165, 1.54) is 16.8 Å². The van der Waals surface area contributed by atoms with Crippen molar-refractivity contribution in [1.82, 2.24) is 9.80 Å². The summed E-state index contributed by atoms with van der Waals surface area (Å²) < 4.78 is 0. The van der Waals surface area contributed by atoms with Crippen LogP contribution in [0.4, 0.5) is 5.69 Å². The Bertz CT molecular complexity index is 675. The second kappa shape index (κ2) is 5.75. The smallest absolute Gasteiger partial charge is 0.223 e. The molecule has 132 valence electrons. The van der Waals surface area contributed by atoms with Gasteiger partial charge in [-0.1, -0.05) is 18.2 Å². The molecule has 1 aromatic carbocycles. The average Bonchev–Trinajstić information content (AvgIpc) is 3.24. The van der Waals surface area contributed by atoms with E-state index in [2.05, 4.69) is 32.9 Å². The molecule has 2 atom stereocenters. The fourth-order valence-corrected chi connectivity index (χ4v) is 5.33. The maximum atomic E-state index is 12.3. The zero-order chi connectivity index (χ0) is 17.0. The van der Waals surface area contributed by atoms with E-state index in [1.54, 1.807) is 0 Å². The van der Waals surface area contributed by atoms with Crippen molar-refractivity contribution in [2.24, 2.45) is 0 Å². The summed E-state index contributed by atoms with van der Waals surface area (Å²) in [5.41, 5.74) is 3.92. The van der Waals surface area contributed by atoms with E-state index < -0.39 is 0 Å². The summed E-state index contributed by atoms with van der Waals surface area (Å²) in [5.74, 6) is 0.608. The highest BCUT2D eigenvalue weighted by atomic mass is 16.2. The molecule has 0 spiro atoms. The SMILES string of the molecule is O=C1CCCN1[C@@H]1CCN2CC[C@H](N3CCCC3=O)c3cccc1c32. The topological polar surface area (TPSA) is 43.9 Å². The van der Waals surface area contributed by atoms with Gasteiger partial charge in [0.05, 0.1) is 12.1 Å². The minimum atomic E-state index is 0.217. The molecule has 0 radical (unpaired) electrons. The second-order valence-electron chi connectivity index (χ2n) is 7.76. The first-order valence-corrected chi connectivity index (χ1v) is 9.71. The van der Waals surface area contributed by atoms with Crippen molar-refractivity contribution >= 4 is 17.5 Å². The predicted molar refractivity (Wildman–Crippen MR) is 95.3 cm³/mol. The van der Waals surface area contributed by atoms with E-state index in [1.807, 2.05) is 0 Å². The van der Waals surface area contributed by atoms with E-state index in [-0.39, 0.29) is 12.1 Å². The number of carbonyl (C=O) groups excluding carboxylic acids is 2. The Morgan fingerprint density at radius 1 is 0.760 bits per heavy atom. The molecular weight excluding hydrogens is 314 g/mol. The third-order valence-electron chi connectivity index (χ3n) is 6.45. The molecule has 2 fully saturated rings. The molecule has 0 aliphatic carbocycles. The molecule has 0 N–H and O–H groups in total. The van der Waals surface area contributed by atoms with Gasteiger partial charge in [-0.2, -0.15) is 0 Å². The number of amides is 2. The van der Waals surface area contributed by atoms with Crippen molar-refractivity contribution in [2.75, 3.05) is 31.1 Å². The first kappa shape index (κ1) is 15.2. The summed E-state index contributed by atoms with van der Waals surface area (Å²) in [4.78, 5) is 31.3. The van der Waals surface area contributed by atoms with Crippen LogP contribution in [0.1, 0.15) is 61.7 Å². The summed E-state index contributed by atoms with van der Waals surface area (Å²) in [6, 6.07) is 6.97. The highest BCUT2D eigenvalue weighted by Crippen LogP contribution is 2.47. The Balaban J connectivity index is 1.56. The zero-order valence-corrected chi connectivity index (χ0v) is 14.6. The van der Waals surface area contributed by atoms with Gasteiger partial charge in [0.1, 0.15) is 0 Å². The zero-order valence-electron chi connectivity index (χ0n) is 14.6. The van der Waals surface area contributed by atoms with Crippen LogP contribution in [0.2, 0.25) is 0 Å². The van der Waals surface area contributed by atoms with Gasteiger partial charge in [-0.05, 0) is 36.8 Å². The third-order valence-corrected chi connectivity index (χ3v) is 6.45. The van der Waals surface area contributed by atoms with Gasteiger partial charge in [0.15, 0.2) is 0 Å². The Hall–Kier alpha value is -2.04. The molecule has 0 unspecified atom stereocenters. The van der Waals surface area contributed by atoms with Crippen molar-refractivity contribution in [3.05, 3.63) is 29.3 Å². The minimum absolute atomic E-state index is 0.217. The van der Waals surface area contributed by atoms with Crippen molar-refractivity contribution < 1.29 is 9.59 Å². The second-order valence-corrected chi connectivity index (χ2v) is 7.76. The lowest BCUT2D eigenvalue weighted by atomic mass is 9.85. The van der Waals surface area contributed by atoms with Crippen LogP contribution in [0, 0.1) is 0 Å². The Morgan fingerprint density at radius 2 is 1.28 bits per heavy atom. The summed E-state index contributed by atoms with van der Waals surface area (Å²) in [7, 11) is 0. The van der Waals surface area contributed by atoms with Gasteiger partial charge in [-0.15, -0.1) is 0 Å². The van der Waals surface area contributed by atoms with E-state index in [4.69, 9.17) is 0 Å². The number of carbonyl (C=O) groups is 2. The van der Waals surface area contributed by atoms with Crippen molar-refractivity contribution in [3.8, 4) is 0 Å². The lowest BCUT2D eigenvalue weighted by molar-refractivity contribution is -0.130. The van der Waals surface area contributed by atoms with Gasteiger partial charge in [0.2, 0.25) is 11.8 Å². The van der Waals surface area contributed by atoms with E-state index in [0.29, 0.717) is 24.7 Å². The molecule has 2 saturated heterocycles. The molecular formula is C20H25N3O2.